The zero-order valence-electron chi connectivity index (χ0n) is 11.4. The second-order valence-corrected chi connectivity index (χ2v) is 3.40. The van der Waals surface area contributed by atoms with Crippen LogP contribution in [-0.2, 0) is 0 Å². The Bertz CT molecular complexity index is 82.4. The molecule has 0 aliphatic heterocycles. The van der Waals surface area contributed by atoms with E-state index in [1.165, 1.54) is 0 Å². The zero-order chi connectivity index (χ0) is 12.1. The van der Waals surface area contributed by atoms with Crippen LogP contribution in [0.5, 0.6) is 0 Å². The van der Waals surface area contributed by atoms with Crippen LogP contribution in [0.15, 0.2) is 0 Å². The summed E-state index contributed by atoms with van der Waals surface area (Å²) in [4.78, 5) is 1.94. The van der Waals surface area contributed by atoms with Gasteiger partial charge in [-0.1, -0.05) is 41.5 Å². The van der Waals surface area contributed by atoms with E-state index in [1.807, 2.05) is 46.7 Å². The molecule has 0 bridgehead atoms. The number of hydrogen-bond acceptors (Lipinski definition) is 1. The van der Waals surface area contributed by atoms with Gasteiger partial charge in [0, 0.05) is 6.04 Å². The molecule has 0 radical (unpaired) electrons. The molecule has 0 amide bonds. The fraction of sp³-hybridized carbons (Fsp3) is 1.00. The molecule has 0 spiro atoms. The largest absolute Gasteiger partial charge is 0.304 e. The predicted octanol–water partition coefficient (Wildman–Crippen LogP) is 3.98. The van der Waals surface area contributed by atoms with Crippen LogP contribution in [0.25, 0.3) is 0 Å². The van der Waals surface area contributed by atoms with Gasteiger partial charge in [-0.3, -0.25) is 0 Å². The first-order valence-corrected chi connectivity index (χ1v) is 5.80. The van der Waals surface area contributed by atoms with Gasteiger partial charge in [-0.2, -0.15) is 0 Å². The van der Waals surface area contributed by atoms with Crippen LogP contribution >= 0.6 is 0 Å². The molecule has 14 heavy (non-hydrogen) atoms. The summed E-state index contributed by atoms with van der Waals surface area (Å²) in [7, 11) is 3.85. The van der Waals surface area contributed by atoms with Crippen LogP contribution in [0.2, 0.25) is 0 Å². The van der Waals surface area contributed by atoms with E-state index in [-0.39, 0.29) is 12.7 Å². The molecule has 0 rings (SSSR count). The normalized spacial score (nSPS) is 11.4. The van der Waals surface area contributed by atoms with Crippen molar-refractivity contribution in [1.82, 2.24) is 4.90 Å². The van der Waals surface area contributed by atoms with E-state index < -0.39 is 0 Å². The van der Waals surface area contributed by atoms with Gasteiger partial charge in [0.1, 0.15) is 6.67 Å². The van der Waals surface area contributed by atoms with Crippen LogP contribution < -0.4 is 0 Å². The number of hydrogen-bond donors (Lipinski definition) is 0. The molecule has 1 atom stereocenters. The molecule has 0 aromatic rings. The van der Waals surface area contributed by atoms with Gasteiger partial charge < -0.3 is 4.90 Å². The lowest BCUT2D eigenvalue weighted by atomic mass is 10.0. The minimum atomic E-state index is -0.231. The quantitative estimate of drug-likeness (QED) is 0.674. The summed E-state index contributed by atoms with van der Waals surface area (Å²) >= 11 is 0. The average Bonchev–Trinajstić information content (AvgIpc) is 2.19. The lowest BCUT2D eigenvalue weighted by Gasteiger charge is -2.22. The van der Waals surface area contributed by atoms with Gasteiger partial charge >= 0.3 is 0 Å². The van der Waals surface area contributed by atoms with Gasteiger partial charge in [0.05, 0.1) is 0 Å². The lowest BCUT2D eigenvalue weighted by molar-refractivity contribution is 0.209. The first kappa shape index (κ1) is 19.5. The molecule has 1 unspecified atom stereocenters. The summed E-state index contributed by atoms with van der Waals surface area (Å²) in [5.74, 6) is 0.586. The van der Waals surface area contributed by atoms with Crippen LogP contribution in [0.3, 0.4) is 0 Å². The van der Waals surface area contributed by atoms with E-state index in [0.717, 1.165) is 6.42 Å². The summed E-state index contributed by atoms with van der Waals surface area (Å²) in [6, 6.07) is 0.111. The van der Waals surface area contributed by atoms with Crippen molar-refractivity contribution in [2.24, 2.45) is 5.92 Å². The first-order valence-electron chi connectivity index (χ1n) is 5.80. The van der Waals surface area contributed by atoms with E-state index in [9.17, 15) is 4.39 Å². The standard InChI is InChI=1S/C8H18FN.2C2H6/c1-7(2)5-8(6-9)10(3)4;2*1-2/h7-8H,5-6H2,1-4H3;2*1-2H3. The van der Waals surface area contributed by atoms with Gasteiger partial charge in [-0.25, -0.2) is 4.39 Å². The Labute approximate surface area is 90.7 Å². The molecule has 0 saturated carbocycles. The molecule has 90 valence electrons. The monoisotopic (exact) mass is 207 g/mol. The third-order valence-corrected chi connectivity index (χ3v) is 1.65. The number of halogens is 1. The highest BCUT2D eigenvalue weighted by Gasteiger charge is 2.11. The Morgan fingerprint density at radius 1 is 1.00 bits per heavy atom. The molecular formula is C12H30FN. The van der Waals surface area contributed by atoms with E-state index in [4.69, 9.17) is 0 Å². The maximum absolute atomic E-state index is 12.2. The summed E-state index contributed by atoms with van der Waals surface area (Å²) in [6.45, 7) is 12.0. The van der Waals surface area contributed by atoms with Crippen molar-refractivity contribution in [2.45, 2.75) is 54.0 Å². The van der Waals surface area contributed by atoms with Crippen molar-refractivity contribution < 1.29 is 4.39 Å². The average molecular weight is 207 g/mol. The van der Waals surface area contributed by atoms with Crippen molar-refractivity contribution in [3.05, 3.63) is 0 Å². The Morgan fingerprint density at radius 2 is 1.36 bits per heavy atom. The topological polar surface area (TPSA) is 3.24 Å². The molecular weight excluding hydrogens is 177 g/mol. The molecule has 0 saturated heterocycles. The summed E-state index contributed by atoms with van der Waals surface area (Å²) in [5, 5.41) is 0. The highest BCUT2D eigenvalue weighted by molar-refractivity contribution is 4.65. The fourth-order valence-corrected chi connectivity index (χ4v) is 0.956. The maximum atomic E-state index is 12.2. The highest BCUT2D eigenvalue weighted by atomic mass is 19.1. The van der Waals surface area contributed by atoms with Crippen molar-refractivity contribution in [3.8, 4) is 0 Å². The third-order valence-electron chi connectivity index (χ3n) is 1.65. The molecule has 2 heteroatoms. The SMILES string of the molecule is CC.CC.CC(C)CC(CF)N(C)C. The second-order valence-electron chi connectivity index (χ2n) is 3.40. The minimum Gasteiger partial charge on any atom is -0.304 e. The maximum Gasteiger partial charge on any atom is 0.105 e. The van der Waals surface area contributed by atoms with E-state index in [1.54, 1.807) is 0 Å². The van der Waals surface area contributed by atoms with Crippen molar-refractivity contribution >= 4 is 0 Å². The third kappa shape index (κ3) is 14.4. The van der Waals surface area contributed by atoms with E-state index >= 15 is 0 Å². The van der Waals surface area contributed by atoms with E-state index in [2.05, 4.69) is 13.8 Å². The Kier molecular flexibility index (Phi) is 21.4. The molecule has 0 aliphatic carbocycles. The van der Waals surface area contributed by atoms with Gasteiger partial charge in [-0.15, -0.1) is 0 Å². The summed E-state index contributed by atoms with van der Waals surface area (Å²) in [5.41, 5.74) is 0. The Balaban J connectivity index is -0.000000266. The van der Waals surface area contributed by atoms with Crippen molar-refractivity contribution in [1.29, 1.82) is 0 Å². The number of rotatable bonds is 4. The Morgan fingerprint density at radius 3 is 1.43 bits per heavy atom. The lowest BCUT2D eigenvalue weighted by Crippen LogP contribution is -2.31. The number of nitrogens with zero attached hydrogens (tertiary/aromatic N) is 1. The van der Waals surface area contributed by atoms with Crippen LogP contribution in [0, 0.1) is 5.92 Å². The fourth-order valence-electron chi connectivity index (χ4n) is 0.956. The molecule has 1 nitrogen and oxygen atoms in total. The van der Waals surface area contributed by atoms with E-state index in [0.29, 0.717) is 5.92 Å². The second kappa shape index (κ2) is 15.4. The van der Waals surface area contributed by atoms with Crippen molar-refractivity contribution in [3.63, 3.8) is 0 Å². The Hall–Kier alpha value is -0.110. The molecule has 0 aromatic carbocycles. The van der Waals surface area contributed by atoms with Gasteiger partial charge in [0.25, 0.3) is 0 Å². The highest BCUT2D eigenvalue weighted by Crippen LogP contribution is 2.08. The van der Waals surface area contributed by atoms with Crippen molar-refractivity contribution in [2.75, 3.05) is 20.8 Å². The molecule has 0 N–H and O–H groups in total. The molecule has 0 aliphatic rings. The van der Waals surface area contributed by atoms with Crippen LogP contribution in [0.1, 0.15) is 48.0 Å². The molecule has 0 heterocycles. The zero-order valence-corrected chi connectivity index (χ0v) is 11.4. The molecule has 0 fully saturated rings. The van der Waals surface area contributed by atoms with Gasteiger partial charge in [0.2, 0.25) is 0 Å². The van der Waals surface area contributed by atoms with Crippen LogP contribution in [-0.4, -0.2) is 31.7 Å². The minimum absolute atomic E-state index is 0.111. The number of alkyl halides is 1. The van der Waals surface area contributed by atoms with Crippen LogP contribution in [0.4, 0.5) is 4.39 Å². The summed E-state index contributed by atoms with van der Waals surface area (Å²) < 4.78 is 12.2. The smallest absolute Gasteiger partial charge is 0.105 e. The molecule has 0 aromatic heterocycles. The van der Waals surface area contributed by atoms with Gasteiger partial charge in [-0.05, 0) is 26.4 Å². The van der Waals surface area contributed by atoms with Gasteiger partial charge in [0.15, 0.2) is 0 Å². The predicted molar refractivity (Wildman–Crippen MR) is 65.6 cm³/mol. The summed E-state index contributed by atoms with van der Waals surface area (Å²) in [6.07, 6.45) is 0.948. The first-order chi connectivity index (χ1) is 6.57.